The molecule has 17 heavy (non-hydrogen) atoms. The van der Waals surface area contributed by atoms with Crippen molar-refractivity contribution in [1.29, 1.82) is 0 Å². The summed E-state index contributed by atoms with van der Waals surface area (Å²) in [7, 11) is -3.39. The average Bonchev–Trinajstić information content (AvgIpc) is 2.82. The van der Waals surface area contributed by atoms with Crippen LogP contribution in [0.3, 0.4) is 0 Å². The number of rotatable bonds is 9. The fraction of sp³-hybridized carbons (Fsp3) is 0.700. The summed E-state index contributed by atoms with van der Waals surface area (Å²) in [5.41, 5.74) is 0. The molecule has 0 aliphatic carbocycles. The fourth-order valence-electron chi connectivity index (χ4n) is 1.40. The first-order valence-electron chi connectivity index (χ1n) is 5.65. The number of aromatic nitrogens is 2. The number of thioether (sulfide) groups is 1. The Kier molecular flexibility index (Phi) is 6.61. The molecule has 1 rings (SSSR count). The average molecular weight is 277 g/mol. The van der Waals surface area contributed by atoms with Crippen LogP contribution >= 0.6 is 11.8 Å². The molecule has 0 spiro atoms. The Balaban J connectivity index is 2.14. The summed E-state index contributed by atoms with van der Waals surface area (Å²) in [5, 5.41) is 6.19. The first-order valence-corrected chi connectivity index (χ1v) is 8.52. The summed E-state index contributed by atoms with van der Waals surface area (Å²) >= 11 is 1.85. The van der Waals surface area contributed by atoms with Crippen LogP contribution in [0.2, 0.25) is 0 Å². The fourth-order valence-corrected chi connectivity index (χ4v) is 2.88. The normalized spacial score (nSPS) is 11.8. The molecule has 2 N–H and O–H groups in total. The Bertz CT molecular complexity index is 390. The van der Waals surface area contributed by atoms with Gasteiger partial charge in [0, 0.05) is 6.54 Å². The zero-order valence-electron chi connectivity index (χ0n) is 9.98. The number of sulfonamides is 1. The van der Waals surface area contributed by atoms with Crippen molar-refractivity contribution >= 4 is 21.8 Å². The third-order valence-corrected chi connectivity index (χ3v) is 4.42. The summed E-state index contributed by atoms with van der Waals surface area (Å²) in [4.78, 5) is 0. The van der Waals surface area contributed by atoms with Crippen molar-refractivity contribution in [3.05, 3.63) is 12.3 Å². The predicted octanol–water partition coefficient (Wildman–Crippen LogP) is 1.61. The summed E-state index contributed by atoms with van der Waals surface area (Å²) < 4.78 is 25.8. The summed E-state index contributed by atoms with van der Waals surface area (Å²) in [6.45, 7) is 0.487. The number of aromatic amines is 1. The summed E-state index contributed by atoms with van der Waals surface area (Å²) in [6, 6.07) is 1.45. The molecule has 0 aliphatic rings. The molecule has 0 fully saturated rings. The molecule has 0 aromatic carbocycles. The molecule has 0 aliphatic heterocycles. The SMILES string of the molecule is CSCCCCCCNS(=O)(=O)c1ccn[nH]1. The topological polar surface area (TPSA) is 74.8 Å². The molecule has 5 nitrogen and oxygen atoms in total. The van der Waals surface area contributed by atoms with Crippen LogP contribution in [0, 0.1) is 0 Å². The molecule has 1 heterocycles. The van der Waals surface area contributed by atoms with Gasteiger partial charge in [-0.25, -0.2) is 13.1 Å². The highest BCUT2D eigenvalue weighted by Gasteiger charge is 2.13. The van der Waals surface area contributed by atoms with Gasteiger partial charge in [-0.1, -0.05) is 12.8 Å². The van der Waals surface area contributed by atoms with Crippen LogP contribution in [-0.4, -0.2) is 37.2 Å². The van der Waals surface area contributed by atoms with Gasteiger partial charge < -0.3 is 0 Å². The van der Waals surface area contributed by atoms with Crippen molar-refractivity contribution in [2.45, 2.75) is 30.7 Å². The van der Waals surface area contributed by atoms with Crippen molar-refractivity contribution in [2.24, 2.45) is 0 Å². The minimum absolute atomic E-state index is 0.125. The lowest BCUT2D eigenvalue weighted by Crippen LogP contribution is -2.25. The highest BCUT2D eigenvalue weighted by Crippen LogP contribution is 2.05. The van der Waals surface area contributed by atoms with E-state index in [2.05, 4.69) is 21.2 Å². The largest absolute Gasteiger partial charge is 0.266 e. The minimum Gasteiger partial charge on any atom is -0.266 e. The van der Waals surface area contributed by atoms with Gasteiger partial charge >= 0.3 is 0 Å². The van der Waals surface area contributed by atoms with Gasteiger partial charge in [-0.05, 0) is 30.9 Å². The maximum Gasteiger partial charge on any atom is 0.257 e. The van der Waals surface area contributed by atoms with Crippen LogP contribution in [0.25, 0.3) is 0 Å². The van der Waals surface area contributed by atoms with E-state index in [9.17, 15) is 8.42 Å². The number of hydrogen-bond donors (Lipinski definition) is 2. The second kappa shape index (κ2) is 7.73. The first-order chi connectivity index (χ1) is 8.17. The monoisotopic (exact) mass is 277 g/mol. The van der Waals surface area contributed by atoms with E-state index in [0.29, 0.717) is 6.54 Å². The molecule has 0 bridgehead atoms. The van der Waals surface area contributed by atoms with Crippen LogP contribution in [0.4, 0.5) is 0 Å². The molecule has 0 amide bonds. The molecular formula is C10H19N3O2S2. The van der Waals surface area contributed by atoms with E-state index in [1.54, 1.807) is 0 Å². The van der Waals surface area contributed by atoms with Gasteiger partial charge in [0.15, 0.2) is 5.03 Å². The zero-order valence-corrected chi connectivity index (χ0v) is 11.6. The molecule has 0 unspecified atom stereocenters. The molecule has 7 heteroatoms. The van der Waals surface area contributed by atoms with Crippen molar-refractivity contribution in [3.8, 4) is 0 Å². The molecule has 0 saturated heterocycles. The van der Waals surface area contributed by atoms with Crippen LogP contribution in [0.5, 0.6) is 0 Å². The van der Waals surface area contributed by atoms with Crippen LogP contribution < -0.4 is 4.72 Å². The number of unbranched alkanes of at least 4 members (excludes halogenated alkanes) is 3. The predicted molar refractivity (Wildman–Crippen MR) is 70.6 cm³/mol. The van der Waals surface area contributed by atoms with Gasteiger partial charge in [0.25, 0.3) is 10.0 Å². The highest BCUT2D eigenvalue weighted by atomic mass is 32.2. The lowest BCUT2D eigenvalue weighted by Gasteiger charge is -2.04. The van der Waals surface area contributed by atoms with Gasteiger partial charge in [-0.15, -0.1) is 0 Å². The van der Waals surface area contributed by atoms with Crippen LogP contribution in [0.15, 0.2) is 17.3 Å². The van der Waals surface area contributed by atoms with E-state index in [1.165, 1.54) is 24.4 Å². The minimum atomic E-state index is -3.39. The molecular weight excluding hydrogens is 258 g/mol. The second-order valence-electron chi connectivity index (χ2n) is 3.73. The Morgan fingerprint density at radius 1 is 1.35 bits per heavy atom. The molecule has 0 saturated carbocycles. The van der Waals surface area contributed by atoms with Gasteiger partial charge in [0.1, 0.15) is 0 Å². The Hall–Kier alpha value is -0.530. The van der Waals surface area contributed by atoms with E-state index in [4.69, 9.17) is 0 Å². The number of hydrogen-bond acceptors (Lipinski definition) is 4. The van der Waals surface area contributed by atoms with E-state index >= 15 is 0 Å². The summed E-state index contributed by atoms with van der Waals surface area (Å²) in [5.74, 6) is 1.18. The molecule has 0 radical (unpaired) electrons. The number of nitrogens with one attached hydrogen (secondary N) is 2. The van der Waals surface area contributed by atoms with Crippen molar-refractivity contribution < 1.29 is 8.42 Å². The lowest BCUT2D eigenvalue weighted by molar-refractivity contribution is 0.570. The Labute approximate surface area is 107 Å². The van der Waals surface area contributed by atoms with Gasteiger partial charge in [0.05, 0.1) is 6.20 Å². The maximum atomic E-state index is 11.6. The smallest absolute Gasteiger partial charge is 0.257 e. The molecule has 0 atom stereocenters. The third-order valence-electron chi connectivity index (χ3n) is 2.33. The maximum absolute atomic E-state index is 11.6. The van der Waals surface area contributed by atoms with Crippen LogP contribution in [0.1, 0.15) is 25.7 Å². The lowest BCUT2D eigenvalue weighted by atomic mass is 10.2. The quantitative estimate of drug-likeness (QED) is 0.673. The Morgan fingerprint density at radius 3 is 2.76 bits per heavy atom. The number of H-pyrrole nitrogens is 1. The van der Waals surface area contributed by atoms with Crippen molar-refractivity contribution in [1.82, 2.24) is 14.9 Å². The van der Waals surface area contributed by atoms with Gasteiger partial charge in [-0.3, -0.25) is 5.10 Å². The standard InChI is InChI=1S/C10H19N3O2S2/c1-16-9-5-3-2-4-7-12-17(14,15)10-6-8-11-13-10/h6,8,12H,2-5,7,9H2,1H3,(H,11,13). The summed E-state index contributed by atoms with van der Waals surface area (Å²) in [6.07, 6.45) is 7.82. The molecule has 1 aromatic heterocycles. The number of nitrogens with zero attached hydrogens (tertiary/aromatic N) is 1. The van der Waals surface area contributed by atoms with Crippen molar-refractivity contribution in [2.75, 3.05) is 18.6 Å². The van der Waals surface area contributed by atoms with Crippen LogP contribution in [-0.2, 0) is 10.0 Å². The Morgan fingerprint density at radius 2 is 2.12 bits per heavy atom. The van der Waals surface area contributed by atoms with Gasteiger partial charge in [0.2, 0.25) is 0 Å². The third kappa shape index (κ3) is 5.56. The molecule has 98 valence electrons. The van der Waals surface area contributed by atoms with Gasteiger partial charge in [-0.2, -0.15) is 16.9 Å². The van der Waals surface area contributed by atoms with E-state index < -0.39 is 10.0 Å². The molecule has 1 aromatic rings. The van der Waals surface area contributed by atoms with E-state index in [0.717, 1.165) is 19.3 Å². The van der Waals surface area contributed by atoms with Crippen molar-refractivity contribution in [3.63, 3.8) is 0 Å². The van der Waals surface area contributed by atoms with E-state index in [1.807, 2.05) is 11.8 Å². The first kappa shape index (κ1) is 14.5. The second-order valence-corrected chi connectivity index (χ2v) is 6.45. The van der Waals surface area contributed by atoms with E-state index in [-0.39, 0.29) is 5.03 Å². The highest BCUT2D eigenvalue weighted by molar-refractivity contribution is 7.98. The zero-order chi connectivity index (χ0) is 12.6.